The highest BCUT2D eigenvalue weighted by molar-refractivity contribution is 5.96. The standard InChI is InChI=1S/C19H17FN6O/c1-12-16(18(27)21-11-13-7-3-2-4-8-13)17(14-9-5-6-10-15(14)20)26-19(22-12)23-24-25-26/h2-10,17H,11H2,1H3,(H,21,27)(H,22,23,25). The number of nitrogens with one attached hydrogen (secondary N) is 2. The minimum absolute atomic E-state index is 0.307. The molecular formula is C19H17FN6O. The number of carbonyl (C=O) groups is 1. The lowest BCUT2D eigenvalue weighted by Gasteiger charge is -2.28. The maximum Gasteiger partial charge on any atom is 0.251 e. The van der Waals surface area contributed by atoms with Gasteiger partial charge in [0.05, 0.1) is 5.57 Å². The van der Waals surface area contributed by atoms with E-state index in [4.69, 9.17) is 0 Å². The minimum atomic E-state index is -0.756. The van der Waals surface area contributed by atoms with Crippen LogP contribution in [0.2, 0.25) is 0 Å². The van der Waals surface area contributed by atoms with Gasteiger partial charge in [0, 0.05) is 17.8 Å². The van der Waals surface area contributed by atoms with Gasteiger partial charge in [-0.15, -0.1) is 0 Å². The Balaban J connectivity index is 1.70. The highest BCUT2D eigenvalue weighted by Gasteiger charge is 2.35. The van der Waals surface area contributed by atoms with Gasteiger partial charge in [0.15, 0.2) is 0 Å². The van der Waals surface area contributed by atoms with Gasteiger partial charge in [0.1, 0.15) is 11.9 Å². The van der Waals surface area contributed by atoms with Gasteiger partial charge in [0.25, 0.3) is 5.91 Å². The van der Waals surface area contributed by atoms with Gasteiger partial charge < -0.3 is 10.6 Å². The Bertz CT molecular complexity index is 1010. The van der Waals surface area contributed by atoms with E-state index < -0.39 is 11.9 Å². The average molecular weight is 364 g/mol. The molecule has 2 heterocycles. The van der Waals surface area contributed by atoms with Gasteiger partial charge in [0.2, 0.25) is 5.95 Å². The van der Waals surface area contributed by atoms with Crippen LogP contribution in [0.25, 0.3) is 0 Å². The molecule has 0 fully saturated rings. The summed E-state index contributed by atoms with van der Waals surface area (Å²) in [6.45, 7) is 2.12. The molecule has 1 atom stereocenters. The highest BCUT2D eigenvalue weighted by Crippen LogP contribution is 2.35. The summed E-state index contributed by atoms with van der Waals surface area (Å²) in [5.41, 5.74) is 2.25. The molecule has 136 valence electrons. The molecule has 2 N–H and O–H groups in total. The lowest BCUT2D eigenvalue weighted by Crippen LogP contribution is -2.35. The van der Waals surface area contributed by atoms with E-state index in [1.165, 1.54) is 10.7 Å². The SMILES string of the molecule is CC1=C(C(=O)NCc2ccccc2)C(c2ccccc2F)n2nnnc2N1. The van der Waals surface area contributed by atoms with Crippen LogP contribution in [0, 0.1) is 5.82 Å². The van der Waals surface area contributed by atoms with Crippen molar-refractivity contribution in [2.24, 2.45) is 0 Å². The van der Waals surface area contributed by atoms with Crippen molar-refractivity contribution in [3.05, 3.63) is 82.8 Å². The van der Waals surface area contributed by atoms with E-state index in [0.717, 1.165) is 5.56 Å². The van der Waals surface area contributed by atoms with E-state index >= 15 is 0 Å². The van der Waals surface area contributed by atoms with Crippen LogP contribution in [-0.4, -0.2) is 26.1 Å². The lowest BCUT2D eigenvalue weighted by molar-refractivity contribution is -0.118. The number of benzene rings is 2. The van der Waals surface area contributed by atoms with Crippen molar-refractivity contribution in [1.82, 2.24) is 25.5 Å². The molecular weight excluding hydrogens is 347 g/mol. The fraction of sp³-hybridized carbons (Fsp3) is 0.158. The molecule has 0 bridgehead atoms. The second-order valence-electron chi connectivity index (χ2n) is 6.20. The van der Waals surface area contributed by atoms with Gasteiger partial charge in [-0.05, 0) is 29.0 Å². The Morgan fingerprint density at radius 1 is 1.19 bits per heavy atom. The van der Waals surface area contributed by atoms with Crippen molar-refractivity contribution < 1.29 is 9.18 Å². The topological polar surface area (TPSA) is 84.7 Å². The molecule has 27 heavy (non-hydrogen) atoms. The zero-order valence-corrected chi connectivity index (χ0v) is 14.6. The van der Waals surface area contributed by atoms with Crippen molar-refractivity contribution in [3.63, 3.8) is 0 Å². The molecule has 0 spiro atoms. The lowest BCUT2D eigenvalue weighted by atomic mass is 9.94. The summed E-state index contributed by atoms with van der Waals surface area (Å²) in [6, 6.07) is 15.1. The number of carbonyl (C=O) groups excluding carboxylic acids is 1. The van der Waals surface area contributed by atoms with E-state index in [0.29, 0.717) is 29.3 Å². The number of anilines is 1. The first-order valence-electron chi connectivity index (χ1n) is 8.47. The zero-order chi connectivity index (χ0) is 18.8. The first-order valence-corrected chi connectivity index (χ1v) is 8.47. The normalized spacial score (nSPS) is 15.9. The molecule has 7 nitrogen and oxygen atoms in total. The third-order valence-corrected chi connectivity index (χ3v) is 4.45. The molecule has 0 saturated carbocycles. The number of rotatable bonds is 4. The molecule has 1 aliphatic heterocycles. The molecule has 3 aromatic rings. The maximum atomic E-state index is 14.5. The smallest absolute Gasteiger partial charge is 0.251 e. The van der Waals surface area contributed by atoms with E-state index in [1.54, 1.807) is 25.1 Å². The first kappa shape index (κ1) is 16.9. The number of allylic oxidation sites excluding steroid dienone is 1. The summed E-state index contributed by atoms with van der Waals surface area (Å²) >= 11 is 0. The molecule has 0 saturated heterocycles. The number of fused-ring (bicyclic) bond motifs is 1. The van der Waals surface area contributed by atoms with Crippen molar-refractivity contribution in [1.29, 1.82) is 0 Å². The van der Waals surface area contributed by atoms with E-state index in [-0.39, 0.29) is 5.91 Å². The molecule has 4 rings (SSSR count). The van der Waals surface area contributed by atoms with E-state index in [1.807, 2.05) is 30.3 Å². The van der Waals surface area contributed by atoms with Crippen molar-refractivity contribution in [3.8, 4) is 0 Å². The van der Waals surface area contributed by atoms with Crippen LogP contribution in [0.15, 0.2) is 65.9 Å². The molecule has 0 aliphatic carbocycles. The molecule has 1 aliphatic rings. The summed E-state index contributed by atoms with van der Waals surface area (Å²) in [6.07, 6.45) is 0. The molecule has 8 heteroatoms. The third kappa shape index (κ3) is 3.17. The monoisotopic (exact) mass is 364 g/mol. The molecule has 2 aromatic carbocycles. The van der Waals surface area contributed by atoms with Gasteiger partial charge in [-0.25, -0.2) is 4.39 Å². The number of hydrogen-bond acceptors (Lipinski definition) is 5. The predicted octanol–water partition coefficient (Wildman–Crippen LogP) is 2.42. The molecule has 1 aromatic heterocycles. The summed E-state index contributed by atoms with van der Waals surface area (Å²) in [7, 11) is 0. The van der Waals surface area contributed by atoms with Crippen LogP contribution >= 0.6 is 0 Å². The second kappa shape index (κ2) is 6.99. The molecule has 1 unspecified atom stereocenters. The van der Waals surface area contributed by atoms with Gasteiger partial charge in [-0.1, -0.05) is 53.6 Å². The number of aromatic nitrogens is 4. The maximum absolute atomic E-state index is 14.5. The van der Waals surface area contributed by atoms with Gasteiger partial charge >= 0.3 is 0 Å². The molecule has 0 radical (unpaired) electrons. The van der Waals surface area contributed by atoms with Crippen molar-refractivity contribution in [2.45, 2.75) is 19.5 Å². The van der Waals surface area contributed by atoms with Crippen LogP contribution in [0.1, 0.15) is 24.1 Å². The minimum Gasteiger partial charge on any atom is -0.348 e. The summed E-state index contributed by atoms with van der Waals surface area (Å²) in [4.78, 5) is 13.0. The van der Waals surface area contributed by atoms with E-state index in [9.17, 15) is 9.18 Å². The third-order valence-electron chi connectivity index (χ3n) is 4.45. The largest absolute Gasteiger partial charge is 0.348 e. The number of halogens is 1. The van der Waals surface area contributed by atoms with Crippen LogP contribution < -0.4 is 10.6 Å². The highest BCUT2D eigenvalue weighted by atomic mass is 19.1. The Morgan fingerprint density at radius 3 is 2.70 bits per heavy atom. The molecule has 1 amide bonds. The van der Waals surface area contributed by atoms with Crippen LogP contribution in [-0.2, 0) is 11.3 Å². The number of hydrogen-bond donors (Lipinski definition) is 2. The zero-order valence-electron chi connectivity index (χ0n) is 14.6. The van der Waals surface area contributed by atoms with Crippen molar-refractivity contribution in [2.75, 3.05) is 5.32 Å². The summed E-state index contributed by atoms with van der Waals surface area (Å²) < 4.78 is 16.0. The Hall–Kier alpha value is -3.55. The fourth-order valence-corrected chi connectivity index (χ4v) is 3.16. The Kier molecular flexibility index (Phi) is 4.37. The fourth-order valence-electron chi connectivity index (χ4n) is 3.16. The predicted molar refractivity (Wildman–Crippen MR) is 97.0 cm³/mol. The van der Waals surface area contributed by atoms with Crippen LogP contribution in [0.4, 0.5) is 10.3 Å². The van der Waals surface area contributed by atoms with Crippen LogP contribution in [0.3, 0.4) is 0 Å². The number of tetrazole rings is 1. The van der Waals surface area contributed by atoms with Crippen molar-refractivity contribution >= 4 is 11.9 Å². The quantitative estimate of drug-likeness (QED) is 0.743. The van der Waals surface area contributed by atoms with E-state index in [2.05, 4.69) is 26.2 Å². The number of amides is 1. The van der Waals surface area contributed by atoms with Gasteiger partial charge in [-0.3, -0.25) is 4.79 Å². The average Bonchev–Trinajstić information content (AvgIpc) is 3.14. The summed E-state index contributed by atoms with van der Waals surface area (Å²) in [5.74, 6) is -0.370. The Morgan fingerprint density at radius 2 is 1.93 bits per heavy atom. The van der Waals surface area contributed by atoms with Crippen LogP contribution in [0.5, 0.6) is 0 Å². The second-order valence-corrected chi connectivity index (χ2v) is 6.20. The summed E-state index contributed by atoms with van der Waals surface area (Å²) in [5, 5.41) is 17.4. The first-order chi connectivity index (χ1) is 13.1. The van der Waals surface area contributed by atoms with Gasteiger partial charge in [-0.2, -0.15) is 4.68 Å². The Labute approximate surface area is 154 Å². The number of nitrogens with zero attached hydrogens (tertiary/aromatic N) is 4.